The molecule has 86 valence electrons. The minimum atomic E-state index is -0.476. The molecule has 0 N–H and O–H groups in total. The summed E-state index contributed by atoms with van der Waals surface area (Å²) in [5.41, 5.74) is 9.44. The van der Waals surface area contributed by atoms with Crippen LogP contribution in [0.25, 0.3) is 10.4 Å². The van der Waals surface area contributed by atoms with Crippen molar-refractivity contribution in [2.75, 3.05) is 0 Å². The molecule has 0 radical (unpaired) electrons. The highest BCUT2D eigenvalue weighted by atomic mass is 16.7. The van der Waals surface area contributed by atoms with Crippen LogP contribution in [-0.2, 0) is 20.9 Å². The number of rotatable bonds is 4. The maximum atomic E-state index is 11.0. The molecule has 0 aromatic heterocycles. The molecule has 17 heavy (non-hydrogen) atoms. The first-order chi connectivity index (χ1) is 8.29. The number of hydrogen-bond acceptors (Lipinski definition) is 4. The van der Waals surface area contributed by atoms with Crippen molar-refractivity contribution in [2.45, 2.75) is 13.0 Å². The third-order valence-electron chi connectivity index (χ3n) is 2.13. The standard InChI is InChI=1S/C11H9N3O3/c12-14-13-9-6-10(15)17-11(9)16-7-8-4-2-1-3-5-8/h1-5H,6-7H2. The van der Waals surface area contributed by atoms with Crippen LogP contribution in [0, 0.1) is 0 Å². The smallest absolute Gasteiger partial charge is 0.318 e. The third kappa shape index (κ3) is 2.76. The second-order valence-electron chi connectivity index (χ2n) is 3.35. The fraction of sp³-hybridized carbons (Fsp3) is 0.182. The van der Waals surface area contributed by atoms with E-state index in [2.05, 4.69) is 10.0 Å². The van der Waals surface area contributed by atoms with Crippen LogP contribution in [0.2, 0.25) is 0 Å². The largest absolute Gasteiger partial charge is 0.460 e. The Kier molecular flexibility index (Phi) is 3.28. The quantitative estimate of drug-likeness (QED) is 0.345. The first-order valence-corrected chi connectivity index (χ1v) is 4.95. The van der Waals surface area contributed by atoms with Gasteiger partial charge >= 0.3 is 5.97 Å². The molecule has 0 unspecified atom stereocenters. The summed E-state index contributed by atoms with van der Waals surface area (Å²) in [5, 5.41) is 3.36. The third-order valence-corrected chi connectivity index (χ3v) is 2.13. The normalized spacial score (nSPS) is 14.2. The van der Waals surface area contributed by atoms with Crippen molar-refractivity contribution < 1.29 is 14.3 Å². The van der Waals surface area contributed by atoms with E-state index in [9.17, 15) is 4.79 Å². The summed E-state index contributed by atoms with van der Waals surface area (Å²) in [6.07, 6.45) is -0.0474. The Hall–Kier alpha value is -2.46. The van der Waals surface area contributed by atoms with Crippen molar-refractivity contribution in [2.24, 2.45) is 5.11 Å². The molecule has 0 saturated carbocycles. The molecule has 0 amide bonds. The number of carbonyl (C=O) groups excluding carboxylic acids is 1. The lowest BCUT2D eigenvalue weighted by molar-refractivity contribution is -0.141. The van der Waals surface area contributed by atoms with E-state index in [0.29, 0.717) is 0 Å². The minimum Gasteiger partial charge on any atom is -0.460 e. The number of hydrogen-bond donors (Lipinski definition) is 0. The lowest BCUT2D eigenvalue weighted by Crippen LogP contribution is -1.98. The number of esters is 1. The zero-order chi connectivity index (χ0) is 12.1. The summed E-state index contributed by atoms with van der Waals surface area (Å²) in [7, 11) is 0. The van der Waals surface area contributed by atoms with Crippen molar-refractivity contribution in [3.8, 4) is 0 Å². The molecule has 0 aliphatic carbocycles. The number of nitrogens with zero attached hydrogens (tertiary/aromatic N) is 3. The van der Waals surface area contributed by atoms with Crippen LogP contribution in [0.4, 0.5) is 0 Å². The average molecular weight is 231 g/mol. The molecule has 1 aromatic carbocycles. The Balaban J connectivity index is 2.05. The summed E-state index contributed by atoms with van der Waals surface area (Å²) in [6.45, 7) is 0.258. The van der Waals surface area contributed by atoms with Gasteiger partial charge in [0, 0.05) is 4.91 Å². The maximum absolute atomic E-state index is 11.0. The molecule has 6 nitrogen and oxygen atoms in total. The molecule has 0 spiro atoms. The van der Waals surface area contributed by atoms with Crippen molar-refractivity contribution in [3.63, 3.8) is 0 Å². The number of cyclic esters (lactones) is 1. The SMILES string of the molecule is [N-]=[N+]=NC1=C(OCc2ccccc2)OC(=O)C1. The molecule has 0 fully saturated rings. The first-order valence-electron chi connectivity index (χ1n) is 4.95. The van der Waals surface area contributed by atoms with Gasteiger partial charge in [0.05, 0.1) is 6.42 Å². The van der Waals surface area contributed by atoms with Crippen molar-refractivity contribution in [3.05, 3.63) is 58.0 Å². The molecule has 0 atom stereocenters. The summed E-state index contributed by atoms with van der Waals surface area (Å²) in [4.78, 5) is 13.6. The van der Waals surface area contributed by atoms with Gasteiger partial charge in [0.15, 0.2) is 0 Å². The van der Waals surface area contributed by atoms with Gasteiger partial charge in [-0.15, -0.1) is 0 Å². The van der Waals surface area contributed by atoms with E-state index in [1.807, 2.05) is 30.3 Å². The second kappa shape index (κ2) is 5.05. The van der Waals surface area contributed by atoms with Gasteiger partial charge in [-0.3, -0.25) is 4.79 Å². The molecule has 6 heteroatoms. The van der Waals surface area contributed by atoms with E-state index in [-0.39, 0.29) is 24.7 Å². The zero-order valence-electron chi connectivity index (χ0n) is 8.87. The van der Waals surface area contributed by atoms with E-state index >= 15 is 0 Å². The average Bonchev–Trinajstić information content (AvgIpc) is 2.69. The van der Waals surface area contributed by atoms with Crippen LogP contribution < -0.4 is 0 Å². The van der Waals surface area contributed by atoms with Crippen molar-refractivity contribution >= 4 is 5.97 Å². The fourth-order valence-electron chi connectivity index (χ4n) is 1.37. The Morgan fingerprint density at radius 1 is 1.41 bits per heavy atom. The molecule has 0 saturated heterocycles. The summed E-state index contributed by atoms with van der Waals surface area (Å²) < 4.78 is 10.1. The van der Waals surface area contributed by atoms with Gasteiger partial charge in [-0.1, -0.05) is 35.4 Å². The summed E-state index contributed by atoms with van der Waals surface area (Å²) in [5.74, 6) is -0.480. The lowest BCUT2D eigenvalue weighted by Gasteiger charge is -2.06. The Labute approximate surface area is 97.1 Å². The fourth-order valence-corrected chi connectivity index (χ4v) is 1.37. The van der Waals surface area contributed by atoms with E-state index in [1.165, 1.54) is 0 Å². The summed E-state index contributed by atoms with van der Waals surface area (Å²) in [6, 6.07) is 9.41. The molecule has 1 heterocycles. The van der Waals surface area contributed by atoms with Crippen LogP contribution in [0.3, 0.4) is 0 Å². The van der Waals surface area contributed by atoms with Gasteiger partial charge in [0.25, 0.3) is 5.95 Å². The van der Waals surface area contributed by atoms with Crippen LogP contribution in [0.15, 0.2) is 47.1 Å². The molecule has 1 aromatic rings. The van der Waals surface area contributed by atoms with Crippen LogP contribution in [0.5, 0.6) is 0 Å². The van der Waals surface area contributed by atoms with Gasteiger partial charge < -0.3 is 9.47 Å². The predicted molar refractivity (Wildman–Crippen MR) is 58.1 cm³/mol. The highest BCUT2D eigenvalue weighted by Gasteiger charge is 2.24. The lowest BCUT2D eigenvalue weighted by atomic mass is 10.2. The zero-order valence-corrected chi connectivity index (χ0v) is 8.87. The Bertz CT molecular complexity index is 504. The van der Waals surface area contributed by atoms with E-state index < -0.39 is 5.97 Å². The second-order valence-corrected chi connectivity index (χ2v) is 3.35. The topological polar surface area (TPSA) is 84.3 Å². The Morgan fingerprint density at radius 3 is 2.88 bits per heavy atom. The van der Waals surface area contributed by atoms with Gasteiger partial charge in [0.1, 0.15) is 12.3 Å². The molecule has 1 aliphatic rings. The minimum absolute atomic E-state index is 0.00310. The summed E-state index contributed by atoms with van der Waals surface area (Å²) >= 11 is 0. The molecule has 0 bridgehead atoms. The molecule has 2 rings (SSSR count). The van der Waals surface area contributed by atoms with E-state index in [4.69, 9.17) is 15.0 Å². The van der Waals surface area contributed by atoms with Crippen LogP contribution in [0.1, 0.15) is 12.0 Å². The van der Waals surface area contributed by atoms with Crippen LogP contribution >= 0.6 is 0 Å². The van der Waals surface area contributed by atoms with Crippen molar-refractivity contribution in [1.29, 1.82) is 0 Å². The number of azide groups is 1. The first kappa shape index (κ1) is 11.0. The number of carbonyl (C=O) groups is 1. The van der Waals surface area contributed by atoms with Gasteiger partial charge in [-0.25, -0.2) is 0 Å². The monoisotopic (exact) mass is 231 g/mol. The molecule has 1 aliphatic heterocycles. The number of benzene rings is 1. The van der Waals surface area contributed by atoms with E-state index in [0.717, 1.165) is 5.56 Å². The maximum Gasteiger partial charge on any atom is 0.318 e. The number of ether oxygens (including phenoxy) is 2. The predicted octanol–water partition coefficient (Wildman–Crippen LogP) is 2.63. The highest BCUT2D eigenvalue weighted by molar-refractivity contribution is 5.76. The van der Waals surface area contributed by atoms with Crippen LogP contribution in [-0.4, -0.2) is 5.97 Å². The molecular weight excluding hydrogens is 222 g/mol. The van der Waals surface area contributed by atoms with E-state index in [1.54, 1.807) is 0 Å². The highest BCUT2D eigenvalue weighted by Crippen LogP contribution is 2.23. The van der Waals surface area contributed by atoms with Gasteiger partial charge in [0.2, 0.25) is 0 Å². The Morgan fingerprint density at radius 2 is 2.18 bits per heavy atom. The van der Waals surface area contributed by atoms with Gasteiger partial charge in [-0.2, -0.15) is 0 Å². The van der Waals surface area contributed by atoms with Gasteiger partial charge in [-0.05, 0) is 11.1 Å². The molecular formula is C11H9N3O3. The van der Waals surface area contributed by atoms with Crippen molar-refractivity contribution in [1.82, 2.24) is 0 Å².